The van der Waals surface area contributed by atoms with Crippen molar-refractivity contribution in [3.8, 4) is 5.75 Å². The summed E-state index contributed by atoms with van der Waals surface area (Å²) in [6.07, 6.45) is 2.60. The molecule has 0 saturated heterocycles. The lowest BCUT2D eigenvalue weighted by molar-refractivity contribution is 0.110. The number of hydrogen-bond acceptors (Lipinski definition) is 5. The van der Waals surface area contributed by atoms with Crippen LogP contribution in [0.1, 0.15) is 30.9 Å². The molecule has 2 N–H and O–H groups in total. The van der Waals surface area contributed by atoms with Gasteiger partial charge in [-0.15, -0.1) is 0 Å². The second-order valence-electron chi connectivity index (χ2n) is 7.27. The van der Waals surface area contributed by atoms with E-state index in [1.165, 1.54) is 18.4 Å². The predicted molar refractivity (Wildman–Crippen MR) is 118 cm³/mol. The number of methoxy groups -OCH3 is 1. The molecule has 2 rings (SSSR count). The number of aryl methyl sites for hydroxylation is 1. The van der Waals surface area contributed by atoms with Crippen LogP contribution in [-0.2, 0) is 16.0 Å². The number of nitrogens with zero attached hydrogens (tertiary/aromatic N) is 2. The molecule has 0 unspecified atom stereocenters. The van der Waals surface area contributed by atoms with Crippen molar-refractivity contribution in [2.45, 2.75) is 39.3 Å². The zero-order chi connectivity index (χ0) is 20.9. The summed E-state index contributed by atoms with van der Waals surface area (Å²) in [5.74, 6) is 1.69. The minimum Gasteiger partial charge on any atom is -0.491 e. The van der Waals surface area contributed by atoms with Crippen molar-refractivity contribution in [1.29, 1.82) is 0 Å². The van der Waals surface area contributed by atoms with E-state index in [2.05, 4.69) is 45.6 Å². The van der Waals surface area contributed by atoms with Crippen LogP contribution in [0.2, 0.25) is 0 Å². The molecule has 164 valence electrons. The number of hydrogen-bond donors (Lipinski definition) is 2. The summed E-state index contributed by atoms with van der Waals surface area (Å²) in [5.41, 5.74) is 2.29. The van der Waals surface area contributed by atoms with Crippen molar-refractivity contribution >= 4 is 5.96 Å². The van der Waals surface area contributed by atoms with E-state index in [9.17, 15) is 0 Å². The molecule has 1 fully saturated rings. The fourth-order valence-electron chi connectivity index (χ4n) is 3.14. The molecule has 0 radical (unpaired) electrons. The van der Waals surface area contributed by atoms with Gasteiger partial charge in [0.25, 0.3) is 0 Å². The zero-order valence-corrected chi connectivity index (χ0v) is 18.5. The topological polar surface area (TPSA) is 67.4 Å². The summed E-state index contributed by atoms with van der Waals surface area (Å²) < 4.78 is 16.5. The Morgan fingerprint density at radius 2 is 2.00 bits per heavy atom. The average molecular weight is 407 g/mol. The van der Waals surface area contributed by atoms with Crippen LogP contribution in [0.3, 0.4) is 0 Å². The molecular formula is C22H38N4O3. The maximum Gasteiger partial charge on any atom is 0.191 e. The highest BCUT2D eigenvalue weighted by molar-refractivity contribution is 5.79. The Balaban J connectivity index is 1.79. The summed E-state index contributed by atoms with van der Waals surface area (Å²) in [6, 6.07) is 7.01. The summed E-state index contributed by atoms with van der Waals surface area (Å²) in [7, 11) is 3.56. The van der Waals surface area contributed by atoms with Gasteiger partial charge in [-0.25, -0.2) is 0 Å². The van der Waals surface area contributed by atoms with Crippen LogP contribution in [0.5, 0.6) is 5.75 Å². The molecule has 1 aliphatic carbocycles. The quantitative estimate of drug-likeness (QED) is 0.280. The van der Waals surface area contributed by atoms with Crippen molar-refractivity contribution in [3.63, 3.8) is 0 Å². The molecule has 29 heavy (non-hydrogen) atoms. The van der Waals surface area contributed by atoms with Gasteiger partial charge in [0.05, 0.1) is 13.2 Å². The van der Waals surface area contributed by atoms with E-state index in [-0.39, 0.29) is 0 Å². The SMILES string of the molecule is CCOCCOc1cc(C)ccc1CNC(=NC)NCCN(CCOC)C1CC1. The Morgan fingerprint density at radius 3 is 2.69 bits per heavy atom. The van der Waals surface area contributed by atoms with Crippen molar-refractivity contribution in [2.24, 2.45) is 4.99 Å². The Bertz CT molecular complexity index is 620. The van der Waals surface area contributed by atoms with Gasteiger partial charge in [0.2, 0.25) is 0 Å². The summed E-state index contributed by atoms with van der Waals surface area (Å²) in [4.78, 5) is 6.84. The van der Waals surface area contributed by atoms with E-state index in [0.717, 1.165) is 49.6 Å². The van der Waals surface area contributed by atoms with Crippen molar-refractivity contribution in [3.05, 3.63) is 29.3 Å². The molecule has 0 aliphatic heterocycles. The molecule has 1 saturated carbocycles. The second kappa shape index (κ2) is 13.4. The molecule has 0 bridgehead atoms. The Labute approximate surface area is 175 Å². The van der Waals surface area contributed by atoms with Gasteiger partial charge in [-0.3, -0.25) is 9.89 Å². The van der Waals surface area contributed by atoms with Crippen LogP contribution in [0.25, 0.3) is 0 Å². The number of benzene rings is 1. The lowest BCUT2D eigenvalue weighted by Gasteiger charge is -2.22. The van der Waals surface area contributed by atoms with Gasteiger partial charge in [-0.2, -0.15) is 0 Å². The number of aliphatic imine (C=N–C) groups is 1. The average Bonchev–Trinajstić information content (AvgIpc) is 3.56. The number of ether oxygens (including phenoxy) is 3. The molecule has 1 aromatic carbocycles. The lowest BCUT2D eigenvalue weighted by Crippen LogP contribution is -2.42. The van der Waals surface area contributed by atoms with Crippen LogP contribution < -0.4 is 15.4 Å². The largest absolute Gasteiger partial charge is 0.491 e. The summed E-state index contributed by atoms with van der Waals surface area (Å²) in [5, 5.41) is 6.81. The smallest absolute Gasteiger partial charge is 0.191 e. The van der Waals surface area contributed by atoms with Crippen LogP contribution in [0, 0.1) is 6.92 Å². The third-order valence-electron chi connectivity index (χ3n) is 4.92. The standard InChI is InChI=1S/C22H38N4O3/c1-5-28-14-15-29-21-16-18(2)6-7-19(21)17-25-22(23-3)24-10-11-26(12-13-27-4)20-8-9-20/h6-7,16,20H,5,8-15,17H2,1-4H3,(H2,23,24,25). The Hall–Kier alpha value is -1.83. The highest BCUT2D eigenvalue weighted by Gasteiger charge is 2.28. The molecule has 1 aromatic rings. The van der Waals surface area contributed by atoms with Gasteiger partial charge in [0, 0.05) is 58.5 Å². The first-order valence-corrected chi connectivity index (χ1v) is 10.7. The lowest BCUT2D eigenvalue weighted by atomic mass is 10.1. The minimum absolute atomic E-state index is 0.551. The van der Waals surface area contributed by atoms with Crippen molar-refractivity contribution < 1.29 is 14.2 Å². The van der Waals surface area contributed by atoms with Crippen LogP contribution in [0.15, 0.2) is 23.2 Å². The second-order valence-corrected chi connectivity index (χ2v) is 7.27. The first kappa shape index (κ1) is 23.4. The van der Waals surface area contributed by atoms with E-state index in [1.54, 1.807) is 14.2 Å². The van der Waals surface area contributed by atoms with Crippen LogP contribution in [0.4, 0.5) is 0 Å². The highest BCUT2D eigenvalue weighted by Crippen LogP contribution is 2.26. The van der Waals surface area contributed by atoms with Gasteiger partial charge >= 0.3 is 0 Å². The molecule has 1 aliphatic rings. The molecular weight excluding hydrogens is 368 g/mol. The van der Waals surface area contributed by atoms with Gasteiger partial charge in [-0.1, -0.05) is 12.1 Å². The highest BCUT2D eigenvalue weighted by atomic mass is 16.5. The zero-order valence-electron chi connectivity index (χ0n) is 18.5. The van der Waals surface area contributed by atoms with E-state index in [4.69, 9.17) is 14.2 Å². The fourth-order valence-corrected chi connectivity index (χ4v) is 3.14. The van der Waals surface area contributed by atoms with Crippen LogP contribution in [-0.4, -0.2) is 77.1 Å². The van der Waals surface area contributed by atoms with Gasteiger partial charge in [-0.05, 0) is 38.3 Å². The summed E-state index contributed by atoms with van der Waals surface area (Å²) >= 11 is 0. The maximum absolute atomic E-state index is 5.93. The van der Waals surface area contributed by atoms with E-state index < -0.39 is 0 Å². The Morgan fingerprint density at radius 1 is 1.17 bits per heavy atom. The van der Waals surface area contributed by atoms with Gasteiger partial charge < -0.3 is 24.8 Å². The number of nitrogens with one attached hydrogen (secondary N) is 2. The van der Waals surface area contributed by atoms with E-state index in [1.807, 2.05) is 6.92 Å². The molecule has 0 spiro atoms. The monoisotopic (exact) mass is 406 g/mol. The first-order valence-electron chi connectivity index (χ1n) is 10.7. The van der Waals surface area contributed by atoms with Crippen molar-refractivity contribution in [1.82, 2.24) is 15.5 Å². The maximum atomic E-state index is 5.93. The third-order valence-corrected chi connectivity index (χ3v) is 4.92. The van der Waals surface area contributed by atoms with Gasteiger partial charge in [0.15, 0.2) is 5.96 Å². The van der Waals surface area contributed by atoms with Crippen molar-refractivity contribution in [2.75, 3.05) is 60.2 Å². The molecule has 7 heteroatoms. The summed E-state index contributed by atoms with van der Waals surface area (Å²) in [6.45, 7) is 10.2. The fraction of sp³-hybridized carbons (Fsp3) is 0.682. The molecule has 0 aromatic heterocycles. The normalized spacial score (nSPS) is 14.3. The van der Waals surface area contributed by atoms with E-state index >= 15 is 0 Å². The first-order chi connectivity index (χ1) is 14.2. The Kier molecular flexibility index (Phi) is 10.8. The molecule has 0 heterocycles. The van der Waals surface area contributed by atoms with E-state index in [0.29, 0.717) is 26.4 Å². The molecule has 0 amide bonds. The number of rotatable bonds is 14. The third kappa shape index (κ3) is 9.02. The minimum atomic E-state index is 0.551. The van der Waals surface area contributed by atoms with Crippen LogP contribution >= 0.6 is 0 Å². The molecule has 0 atom stereocenters. The predicted octanol–water partition coefficient (Wildman–Crippen LogP) is 2.19. The molecule has 7 nitrogen and oxygen atoms in total. The van der Waals surface area contributed by atoms with Gasteiger partial charge in [0.1, 0.15) is 12.4 Å². The number of guanidine groups is 1.